The summed E-state index contributed by atoms with van der Waals surface area (Å²) < 4.78 is 35.0. The van der Waals surface area contributed by atoms with Gasteiger partial charge in [0.05, 0.1) is 11.1 Å². The van der Waals surface area contributed by atoms with E-state index in [0.29, 0.717) is 11.3 Å². The van der Waals surface area contributed by atoms with Crippen LogP contribution in [0.2, 0.25) is 0 Å². The summed E-state index contributed by atoms with van der Waals surface area (Å²) in [6.45, 7) is 8.05. The van der Waals surface area contributed by atoms with Crippen LogP contribution in [0.25, 0.3) is 11.3 Å². The lowest BCUT2D eigenvalue weighted by molar-refractivity contribution is 0.417. The van der Waals surface area contributed by atoms with Gasteiger partial charge in [-0.05, 0) is 25.1 Å². The molecule has 1 heterocycles. The van der Waals surface area contributed by atoms with E-state index in [-0.39, 0.29) is 10.3 Å². The Labute approximate surface area is 160 Å². The molecule has 0 unspecified atom stereocenters. The van der Waals surface area contributed by atoms with Gasteiger partial charge in [-0.2, -0.15) is 12.8 Å². The smallest absolute Gasteiger partial charge is 0.282 e. The lowest BCUT2D eigenvalue weighted by Crippen LogP contribution is -2.09. The van der Waals surface area contributed by atoms with Gasteiger partial charge in [0.15, 0.2) is 0 Å². The van der Waals surface area contributed by atoms with E-state index < -0.39 is 10.0 Å². The molecule has 0 bridgehead atoms. The van der Waals surface area contributed by atoms with Gasteiger partial charge >= 0.3 is 0 Å². The average molecular weight is 381 g/mol. The van der Waals surface area contributed by atoms with Gasteiger partial charge in [-0.3, -0.25) is 0 Å². The van der Waals surface area contributed by atoms with Crippen molar-refractivity contribution in [1.29, 1.82) is 0 Å². The molecule has 0 radical (unpaired) electrons. The van der Waals surface area contributed by atoms with Gasteiger partial charge in [0.2, 0.25) is 0 Å². The van der Waals surface area contributed by atoms with Crippen LogP contribution < -0.4 is 0 Å². The number of nitrogens with zero attached hydrogens (tertiary/aromatic N) is 1. The lowest BCUT2D eigenvalue weighted by Gasteiger charge is -2.14. The molecule has 0 atom stereocenters. The molecule has 0 saturated carbocycles. The molecule has 0 spiro atoms. The van der Waals surface area contributed by atoms with Gasteiger partial charge in [-0.25, -0.2) is 0 Å². The van der Waals surface area contributed by atoms with Crippen LogP contribution in [0.5, 0.6) is 0 Å². The molecule has 27 heavy (non-hydrogen) atoms. The first-order valence-corrected chi connectivity index (χ1v) is 10.2. The van der Waals surface area contributed by atoms with Gasteiger partial charge in [-0.15, -0.1) is 0 Å². The second-order valence-corrected chi connectivity index (χ2v) is 9.17. The third-order valence-electron chi connectivity index (χ3n) is 4.19. The van der Waals surface area contributed by atoms with E-state index in [2.05, 4.69) is 4.40 Å². The molecule has 140 valence electrons. The predicted molar refractivity (Wildman–Crippen MR) is 109 cm³/mol. The van der Waals surface area contributed by atoms with Crippen molar-refractivity contribution in [3.63, 3.8) is 0 Å². The van der Waals surface area contributed by atoms with Crippen LogP contribution in [0.1, 0.15) is 37.7 Å². The minimum absolute atomic E-state index is 0.171. The van der Waals surface area contributed by atoms with E-state index in [4.69, 9.17) is 4.42 Å². The zero-order chi connectivity index (χ0) is 19.7. The van der Waals surface area contributed by atoms with Crippen molar-refractivity contribution < 1.29 is 12.8 Å². The zero-order valence-electron chi connectivity index (χ0n) is 15.9. The highest BCUT2D eigenvalue weighted by Gasteiger charge is 2.22. The molecule has 0 aliphatic rings. The molecule has 0 saturated heterocycles. The van der Waals surface area contributed by atoms with Gasteiger partial charge in [0.1, 0.15) is 11.5 Å². The first-order chi connectivity index (χ1) is 12.7. The number of hydrogen-bond donors (Lipinski definition) is 0. The summed E-state index contributed by atoms with van der Waals surface area (Å²) in [7, 11) is -3.77. The van der Waals surface area contributed by atoms with E-state index in [0.717, 1.165) is 16.9 Å². The van der Waals surface area contributed by atoms with Crippen LogP contribution in [0.15, 0.2) is 74.4 Å². The Morgan fingerprint density at radius 3 is 2.19 bits per heavy atom. The fourth-order valence-corrected chi connectivity index (χ4v) is 3.44. The largest absolute Gasteiger partial charge is 0.460 e. The summed E-state index contributed by atoms with van der Waals surface area (Å²) >= 11 is 0. The molecule has 0 aliphatic carbocycles. The third kappa shape index (κ3) is 4.37. The first kappa shape index (κ1) is 19.1. The quantitative estimate of drug-likeness (QED) is 0.572. The molecule has 0 aliphatic heterocycles. The molecule has 0 amide bonds. The van der Waals surface area contributed by atoms with Crippen molar-refractivity contribution in [2.75, 3.05) is 0 Å². The number of sulfonamides is 1. The number of rotatable bonds is 4. The normalized spacial score (nSPS) is 12.6. The molecule has 3 rings (SSSR count). The van der Waals surface area contributed by atoms with Crippen molar-refractivity contribution in [3.8, 4) is 11.3 Å². The number of hydrogen-bond acceptors (Lipinski definition) is 3. The van der Waals surface area contributed by atoms with Crippen molar-refractivity contribution in [3.05, 3.63) is 77.6 Å². The van der Waals surface area contributed by atoms with Crippen LogP contribution >= 0.6 is 0 Å². The van der Waals surface area contributed by atoms with E-state index in [1.807, 2.05) is 64.1 Å². The summed E-state index contributed by atoms with van der Waals surface area (Å²) in [6, 6.07) is 18.1. The van der Waals surface area contributed by atoms with E-state index in [9.17, 15) is 8.42 Å². The highest BCUT2D eigenvalue weighted by molar-refractivity contribution is 7.90. The van der Waals surface area contributed by atoms with E-state index in [1.54, 1.807) is 24.3 Å². The Morgan fingerprint density at radius 2 is 1.59 bits per heavy atom. The second-order valence-electron chi connectivity index (χ2n) is 7.53. The number of benzene rings is 2. The van der Waals surface area contributed by atoms with Crippen molar-refractivity contribution in [2.45, 2.75) is 38.0 Å². The molecule has 4 nitrogen and oxygen atoms in total. The molecule has 1 aromatic heterocycles. The van der Waals surface area contributed by atoms with Crippen LogP contribution in [-0.4, -0.2) is 14.6 Å². The molecule has 0 fully saturated rings. The minimum atomic E-state index is -3.77. The molecule has 3 aromatic rings. The Morgan fingerprint density at radius 1 is 0.963 bits per heavy atom. The Balaban J connectivity index is 2.04. The fraction of sp³-hybridized carbons (Fsp3) is 0.227. The fourth-order valence-electron chi connectivity index (χ4n) is 2.58. The summed E-state index contributed by atoms with van der Waals surface area (Å²) in [5.74, 6) is 1.39. The topological polar surface area (TPSA) is 59.6 Å². The van der Waals surface area contributed by atoms with Crippen LogP contribution in [0.4, 0.5) is 0 Å². The second kappa shape index (κ2) is 7.16. The zero-order valence-corrected chi connectivity index (χ0v) is 16.7. The average Bonchev–Trinajstić information content (AvgIpc) is 3.06. The van der Waals surface area contributed by atoms with E-state index >= 15 is 0 Å². The van der Waals surface area contributed by atoms with Crippen LogP contribution in [0.3, 0.4) is 0 Å². The maximum atomic E-state index is 12.5. The SMILES string of the molecule is Cc1ccc(S(=O)(=O)/N=C/c2cc(C(C)(C)C)oc2-c2ccccc2)cc1. The minimum Gasteiger partial charge on any atom is -0.460 e. The summed E-state index contributed by atoms with van der Waals surface area (Å²) in [5, 5.41) is 0. The van der Waals surface area contributed by atoms with Crippen LogP contribution in [0, 0.1) is 6.92 Å². The Kier molecular flexibility index (Phi) is 5.07. The third-order valence-corrected chi connectivity index (χ3v) is 5.44. The molecular weight excluding hydrogens is 358 g/mol. The van der Waals surface area contributed by atoms with Gasteiger partial charge < -0.3 is 4.42 Å². The van der Waals surface area contributed by atoms with Crippen molar-refractivity contribution in [2.24, 2.45) is 4.40 Å². The van der Waals surface area contributed by atoms with Crippen LogP contribution in [-0.2, 0) is 15.4 Å². The molecule has 2 aromatic carbocycles. The highest BCUT2D eigenvalue weighted by atomic mass is 32.2. The molecule has 5 heteroatoms. The molecule has 0 N–H and O–H groups in total. The summed E-state index contributed by atoms with van der Waals surface area (Å²) in [5.41, 5.74) is 2.31. The monoisotopic (exact) mass is 381 g/mol. The standard InChI is InChI=1S/C22H23NO3S/c1-16-10-12-19(13-11-16)27(24,25)23-15-18-14-20(22(2,3)4)26-21(18)17-8-6-5-7-9-17/h5-15H,1-4H3/b23-15+. The van der Waals surface area contributed by atoms with Gasteiger partial charge in [0, 0.05) is 16.5 Å². The number of aryl methyl sites for hydroxylation is 1. The highest BCUT2D eigenvalue weighted by Crippen LogP contribution is 2.32. The van der Waals surface area contributed by atoms with E-state index in [1.165, 1.54) is 6.21 Å². The Bertz CT molecular complexity index is 1050. The Hall–Kier alpha value is -2.66. The summed E-state index contributed by atoms with van der Waals surface area (Å²) in [4.78, 5) is 0.171. The predicted octanol–water partition coefficient (Wildman–Crippen LogP) is 5.36. The molecular formula is C22H23NO3S. The number of furan rings is 1. The maximum absolute atomic E-state index is 12.5. The van der Waals surface area contributed by atoms with Gasteiger partial charge in [0.25, 0.3) is 10.0 Å². The summed E-state index contributed by atoms with van der Waals surface area (Å²) in [6.07, 6.45) is 1.37. The van der Waals surface area contributed by atoms with Gasteiger partial charge in [-0.1, -0.05) is 68.8 Å². The van der Waals surface area contributed by atoms with Crippen molar-refractivity contribution in [1.82, 2.24) is 0 Å². The van der Waals surface area contributed by atoms with Crippen molar-refractivity contribution >= 4 is 16.2 Å². The maximum Gasteiger partial charge on any atom is 0.282 e. The lowest BCUT2D eigenvalue weighted by atomic mass is 9.93. The first-order valence-electron chi connectivity index (χ1n) is 8.73.